The lowest BCUT2D eigenvalue weighted by atomic mass is 10.3. The van der Waals surface area contributed by atoms with Crippen LogP contribution in [0.2, 0.25) is 12.1 Å². The van der Waals surface area contributed by atoms with E-state index in [1.165, 1.54) is 89.1 Å². The molecule has 0 aliphatic heterocycles. The molecule has 4 nitrogen and oxygen atoms in total. The molecule has 0 aliphatic carbocycles. The summed E-state index contributed by atoms with van der Waals surface area (Å²) in [7, 11) is 4.81. The van der Waals surface area contributed by atoms with E-state index in [2.05, 4.69) is 41.5 Å². The Morgan fingerprint density at radius 2 is 0.707 bits per heavy atom. The highest BCUT2D eigenvalue weighted by atomic mass is 33.5. The first kappa shape index (κ1) is 42.3. The highest BCUT2D eigenvalue weighted by Crippen LogP contribution is 2.40. The summed E-state index contributed by atoms with van der Waals surface area (Å²) < 4.78 is 26.7. The van der Waals surface area contributed by atoms with Gasteiger partial charge in [0.15, 0.2) is 10.8 Å². The first-order chi connectivity index (χ1) is 20.1. The molecule has 0 heterocycles. The van der Waals surface area contributed by atoms with Crippen LogP contribution in [0.1, 0.15) is 144 Å². The summed E-state index contributed by atoms with van der Waals surface area (Å²) in [4.78, 5) is 0. The van der Waals surface area contributed by atoms with Crippen LogP contribution in [0.5, 0.6) is 0 Å². The van der Waals surface area contributed by atoms with Crippen LogP contribution in [0.4, 0.5) is 0 Å². The summed E-state index contributed by atoms with van der Waals surface area (Å²) in [5, 5.41) is 0. The monoisotopic (exact) mass is 670 g/mol. The second-order valence-electron chi connectivity index (χ2n) is 11.6. The Balaban J connectivity index is 5.30. The van der Waals surface area contributed by atoms with Gasteiger partial charge in [0, 0.05) is 26.4 Å². The molecule has 0 spiro atoms. The van der Waals surface area contributed by atoms with Crippen LogP contribution in [-0.4, -0.2) is 67.8 Å². The summed E-state index contributed by atoms with van der Waals surface area (Å²) in [5.41, 5.74) is -0.649. The van der Waals surface area contributed by atoms with Gasteiger partial charge in [-0.3, -0.25) is 0 Å². The van der Waals surface area contributed by atoms with Crippen molar-refractivity contribution in [3.63, 3.8) is 0 Å². The second-order valence-corrected chi connectivity index (χ2v) is 20.4. The van der Waals surface area contributed by atoms with Crippen molar-refractivity contribution in [1.29, 1.82) is 0 Å². The molecule has 9 heteroatoms. The lowest BCUT2D eigenvalue weighted by Gasteiger charge is -2.35. The number of unbranched alkanes of at least 4 members (excludes halogenated alkanes) is 10. The molecular weight excluding hydrogens is 601 g/mol. The van der Waals surface area contributed by atoms with Crippen LogP contribution in [0.3, 0.4) is 0 Å². The van der Waals surface area contributed by atoms with Crippen molar-refractivity contribution in [2.45, 2.75) is 167 Å². The third-order valence-electron chi connectivity index (χ3n) is 7.43. The Kier molecular flexibility index (Phi) is 32.3. The van der Waals surface area contributed by atoms with E-state index >= 15 is 0 Å². The number of hydrogen-bond acceptors (Lipinski definition) is 7. The summed E-state index contributed by atoms with van der Waals surface area (Å²) in [6, 6.07) is 2.61. The Labute approximate surface area is 273 Å². The van der Waals surface area contributed by atoms with Gasteiger partial charge in [-0.05, 0) is 35.5 Å². The molecule has 0 aromatic heterocycles. The molecule has 41 heavy (non-hydrogen) atoms. The van der Waals surface area contributed by atoms with Crippen LogP contribution in [-0.2, 0) is 18.9 Å². The van der Waals surface area contributed by atoms with Crippen molar-refractivity contribution in [2.75, 3.05) is 37.9 Å². The van der Waals surface area contributed by atoms with E-state index in [-0.39, 0.29) is 10.8 Å². The van der Waals surface area contributed by atoms with Gasteiger partial charge in [-0.25, -0.2) is 0 Å². The molecule has 0 saturated carbocycles. The van der Waals surface area contributed by atoms with Crippen molar-refractivity contribution >= 4 is 50.5 Å². The van der Waals surface area contributed by atoms with Crippen LogP contribution in [0.15, 0.2) is 0 Å². The molecule has 248 valence electrons. The second kappa shape index (κ2) is 31.3. The lowest BCUT2D eigenvalue weighted by molar-refractivity contribution is -0.167. The Bertz CT molecular complexity index is 467. The minimum atomic E-state index is -0.500. The molecule has 0 radical (unpaired) electrons. The summed E-state index contributed by atoms with van der Waals surface area (Å²) in [6.07, 6.45) is 19.5. The van der Waals surface area contributed by atoms with Gasteiger partial charge in [0.2, 0.25) is 0 Å². The third kappa shape index (κ3) is 24.3. The van der Waals surface area contributed by atoms with Crippen LogP contribution < -0.4 is 0 Å². The standard InChI is InChI=1S/C32H70O4S3Si2/c1-7-13-19-23-33-31(40-27-17-11-5,34-24-20-14-8-2)29-37-39-38-30-32(41-28-18-12-6,35-25-21-15-9-3)36-26-22-16-10-4/h7-30,40-41H2,1-6H3. The van der Waals surface area contributed by atoms with Crippen molar-refractivity contribution in [2.24, 2.45) is 0 Å². The maximum atomic E-state index is 6.68. The number of ether oxygens (including phenoxy) is 4. The first-order valence-electron chi connectivity index (χ1n) is 17.5. The fraction of sp³-hybridized carbons (Fsp3) is 1.00. The van der Waals surface area contributed by atoms with Gasteiger partial charge < -0.3 is 18.9 Å². The average Bonchev–Trinajstić information content (AvgIpc) is 2.98. The van der Waals surface area contributed by atoms with E-state index in [1.807, 2.05) is 31.4 Å². The Hall–Kier alpha value is 1.32. The molecule has 0 unspecified atom stereocenters. The molecule has 0 rings (SSSR count). The van der Waals surface area contributed by atoms with Crippen molar-refractivity contribution in [3.05, 3.63) is 0 Å². The quantitative estimate of drug-likeness (QED) is 0.0292. The van der Waals surface area contributed by atoms with E-state index in [4.69, 9.17) is 18.9 Å². The zero-order valence-electron chi connectivity index (χ0n) is 28.2. The van der Waals surface area contributed by atoms with E-state index in [1.54, 1.807) is 0 Å². The van der Waals surface area contributed by atoms with E-state index < -0.39 is 19.0 Å². The zero-order chi connectivity index (χ0) is 30.3. The van der Waals surface area contributed by atoms with Crippen LogP contribution >= 0.6 is 31.4 Å². The molecule has 0 saturated heterocycles. The van der Waals surface area contributed by atoms with E-state index in [0.717, 1.165) is 63.6 Å². The largest absolute Gasteiger partial charge is 0.354 e. The SMILES string of the molecule is CCCCCOC(CSSSCC(OCCCCC)(OCCCCC)[SiH2]CCCC)(OCCCCC)[SiH2]CCCC. The minimum Gasteiger partial charge on any atom is -0.354 e. The lowest BCUT2D eigenvalue weighted by Crippen LogP contribution is -2.46. The maximum Gasteiger partial charge on any atom is 0.154 e. The number of rotatable bonds is 34. The highest BCUT2D eigenvalue weighted by Gasteiger charge is 2.34. The summed E-state index contributed by atoms with van der Waals surface area (Å²) in [5.74, 6) is 1.88. The molecule has 0 aromatic carbocycles. The average molecular weight is 671 g/mol. The Morgan fingerprint density at radius 3 is 0.976 bits per heavy atom. The van der Waals surface area contributed by atoms with Gasteiger partial charge in [0.05, 0.1) is 30.5 Å². The normalized spacial score (nSPS) is 13.0. The summed E-state index contributed by atoms with van der Waals surface area (Å²) in [6.45, 7) is 17.0. The van der Waals surface area contributed by atoms with E-state index in [0.29, 0.717) is 0 Å². The fourth-order valence-electron chi connectivity index (χ4n) is 4.67. The third-order valence-corrected chi connectivity index (χ3v) is 17.0. The zero-order valence-corrected chi connectivity index (χ0v) is 33.5. The number of hydrogen-bond donors (Lipinski definition) is 0. The predicted octanol–water partition coefficient (Wildman–Crippen LogP) is 9.93. The minimum absolute atomic E-state index is 0.324. The molecule has 0 bridgehead atoms. The molecular formula is C32H70O4S3Si2. The van der Waals surface area contributed by atoms with Gasteiger partial charge in [0.25, 0.3) is 0 Å². The molecule has 0 fully saturated rings. The smallest absolute Gasteiger partial charge is 0.154 e. The highest BCUT2D eigenvalue weighted by molar-refractivity contribution is 9.09. The van der Waals surface area contributed by atoms with Crippen LogP contribution in [0, 0.1) is 0 Å². The van der Waals surface area contributed by atoms with Crippen molar-refractivity contribution in [3.8, 4) is 0 Å². The molecule has 0 aliphatic rings. The van der Waals surface area contributed by atoms with Gasteiger partial charge in [-0.1, -0.05) is 152 Å². The van der Waals surface area contributed by atoms with Crippen molar-refractivity contribution < 1.29 is 18.9 Å². The Morgan fingerprint density at radius 1 is 0.415 bits per heavy atom. The van der Waals surface area contributed by atoms with Gasteiger partial charge in [0.1, 0.15) is 0 Å². The fourth-order valence-corrected chi connectivity index (χ4v) is 15.0. The molecule has 0 N–H and O–H groups in total. The molecule has 0 atom stereocenters. The first-order valence-corrected chi connectivity index (χ1v) is 24.8. The molecule has 0 aromatic rings. The van der Waals surface area contributed by atoms with Gasteiger partial charge in [-0.2, -0.15) is 0 Å². The summed E-state index contributed by atoms with van der Waals surface area (Å²) >= 11 is 0. The topological polar surface area (TPSA) is 36.9 Å². The van der Waals surface area contributed by atoms with Gasteiger partial charge in [-0.15, -0.1) is 0 Å². The predicted molar refractivity (Wildman–Crippen MR) is 196 cm³/mol. The van der Waals surface area contributed by atoms with Crippen LogP contribution in [0.25, 0.3) is 0 Å². The van der Waals surface area contributed by atoms with Gasteiger partial charge >= 0.3 is 0 Å². The van der Waals surface area contributed by atoms with Crippen molar-refractivity contribution in [1.82, 2.24) is 0 Å². The van der Waals surface area contributed by atoms with E-state index in [9.17, 15) is 0 Å². The maximum absolute atomic E-state index is 6.68. The molecule has 0 amide bonds.